The van der Waals surface area contributed by atoms with E-state index in [4.69, 9.17) is 4.74 Å². The van der Waals surface area contributed by atoms with E-state index in [9.17, 15) is 4.79 Å². The van der Waals surface area contributed by atoms with E-state index in [1.165, 1.54) is 0 Å². The molecule has 0 saturated heterocycles. The minimum Gasteiger partial charge on any atom is -0.457 e. The summed E-state index contributed by atoms with van der Waals surface area (Å²) in [6.45, 7) is 5.99. The van der Waals surface area contributed by atoms with Crippen LogP contribution < -0.4 is 4.74 Å². The van der Waals surface area contributed by atoms with Crippen LogP contribution in [0.25, 0.3) is 0 Å². The Morgan fingerprint density at radius 2 is 1.81 bits per heavy atom. The molecule has 1 atom stereocenters. The van der Waals surface area contributed by atoms with E-state index >= 15 is 0 Å². The van der Waals surface area contributed by atoms with Crippen molar-refractivity contribution in [1.29, 1.82) is 0 Å². The molecule has 0 radical (unpaired) electrons. The molecule has 0 N–H and O–H groups in total. The summed E-state index contributed by atoms with van der Waals surface area (Å²) < 4.78 is 5.86. The van der Waals surface area contributed by atoms with Gasteiger partial charge >= 0.3 is 0 Å². The van der Waals surface area contributed by atoms with E-state index in [1.54, 1.807) is 6.92 Å². The predicted molar refractivity (Wildman–Crippen MR) is 86.1 cm³/mol. The van der Waals surface area contributed by atoms with Crippen molar-refractivity contribution in [3.05, 3.63) is 59.7 Å². The van der Waals surface area contributed by atoms with E-state index in [2.05, 4.69) is 13.8 Å². The molecule has 1 unspecified atom stereocenters. The highest BCUT2D eigenvalue weighted by Crippen LogP contribution is 2.26. The number of para-hydroxylation sites is 1. The maximum absolute atomic E-state index is 11.8. The number of benzene rings is 2. The van der Waals surface area contributed by atoms with Crippen LogP contribution in [0.3, 0.4) is 0 Å². The number of Topliss-reactive ketones (excluding diaryl/α,β-unsaturated/α-hetero) is 1. The molecule has 0 saturated carbocycles. The van der Waals surface area contributed by atoms with Crippen LogP contribution in [0.15, 0.2) is 48.5 Å². The number of hydrogen-bond donors (Lipinski definition) is 0. The maximum Gasteiger partial charge on any atom is 0.160 e. The number of rotatable bonds is 6. The van der Waals surface area contributed by atoms with Gasteiger partial charge in [-0.3, -0.25) is 4.79 Å². The van der Waals surface area contributed by atoms with Crippen LogP contribution in [0.5, 0.6) is 11.5 Å². The Bertz CT molecular complexity index is 602. The molecule has 0 amide bonds. The lowest BCUT2D eigenvalue weighted by Crippen LogP contribution is -2.05. The zero-order chi connectivity index (χ0) is 15.2. The maximum atomic E-state index is 11.8. The van der Waals surface area contributed by atoms with Crippen molar-refractivity contribution in [3.63, 3.8) is 0 Å². The monoisotopic (exact) mass is 282 g/mol. The summed E-state index contributed by atoms with van der Waals surface area (Å²) in [6, 6.07) is 15.4. The average molecular weight is 282 g/mol. The molecule has 0 aliphatic carbocycles. The average Bonchev–Trinajstić information content (AvgIpc) is 2.48. The van der Waals surface area contributed by atoms with Crippen molar-refractivity contribution in [1.82, 2.24) is 0 Å². The summed E-state index contributed by atoms with van der Waals surface area (Å²) in [7, 11) is 0. The van der Waals surface area contributed by atoms with Crippen LogP contribution in [-0.4, -0.2) is 5.78 Å². The molecule has 0 aliphatic rings. The summed E-state index contributed by atoms with van der Waals surface area (Å²) in [4.78, 5) is 11.8. The van der Waals surface area contributed by atoms with Gasteiger partial charge in [-0.15, -0.1) is 0 Å². The first kappa shape index (κ1) is 15.3. The third kappa shape index (κ3) is 4.19. The molecule has 21 heavy (non-hydrogen) atoms. The highest BCUT2D eigenvalue weighted by Gasteiger charge is 2.12. The summed E-state index contributed by atoms with van der Waals surface area (Å²) in [5, 5.41) is 0. The first-order chi connectivity index (χ1) is 10.1. The standard InChI is InChI=1S/C19H22O2/c1-4-14(2)12-16-13-18(10-11-19(16)15(3)20)21-17-8-6-5-7-9-17/h5-11,13-14H,4,12H2,1-3H3. The third-order valence-electron chi connectivity index (χ3n) is 3.70. The van der Waals surface area contributed by atoms with E-state index in [0.29, 0.717) is 5.92 Å². The Kier molecular flexibility index (Phi) is 5.15. The topological polar surface area (TPSA) is 26.3 Å². The number of hydrogen-bond acceptors (Lipinski definition) is 2. The molecular weight excluding hydrogens is 260 g/mol. The Morgan fingerprint density at radius 1 is 1.10 bits per heavy atom. The fourth-order valence-corrected chi connectivity index (χ4v) is 2.29. The second kappa shape index (κ2) is 7.07. The summed E-state index contributed by atoms with van der Waals surface area (Å²) in [6.07, 6.45) is 2.00. The molecular formula is C19H22O2. The molecule has 0 fully saturated rings. The highest BCUT2D eigenvalue weighted by atomic mass is 16.5. The first-order valence-electron chi connectivity index (χ1n) is 7.47. The molecule has 0 aromatic heterocycles. The third-order valence-corrected chi connectivity index (χ3v) is 3.70. The van der Waals surface area contributed by atoms with Crippen molar-refractivity contribution >= 4 is 5.78 Å². The SMILES string of the molecule is CCC(C)Cc1cc(Oc2ccccc2)ccc1C(C)=O. The number of carbonyl (C=O) groups is 1. The highest BCUT2D eigenvalue weighted by molar-refractivity contribution is 5.95. The second-order valence-electron chi connectivity index (χ2n) is 5.51. The smallest absolute Gasteiger partial charge is 0.160 e. The lowest BCUT2D eigenvalue weighted by molar-refractivity contribution is 0.101. The zero-order valence-electron chi connectivity index (χ0n) is 12.9. The van der Waals surface area contributed by atoms with Crippen molar-refractivity contribution < 1.29 is 9.53 Å². The van der Waals surface area contributed by atoms with Crippen LogP contribution in [0.4, 0.5) is 0 Å². The molecule has 2 aromatic rings. The zero-order valence-corrected chi connectivity index (χ0v) is 12.9. The van der Waals surface area contributed by atoms with Gasteiger partial charge in [0.1, 0.15) is 11.5 Å². The Labute approximate surface area is 126 Å². The molecule has 110 valence electrons. The molecule has 0 aliphatic heterocycles. The largest absolute Gasteiger partial charge is 0.457 e. The number of ether oxygens (including phenoxy) is 1. The molecule has 0 heterocycles. The normalized spacial score (nSPS) is 12.0. The lowest BCUT2D eigenvalue weighted by atomic mass is 9.93. The van der Waals surface area contributed by atoms with Crippen molar-refractivity contribution in [2.75, 3.05) is 0 Å². The molecule has 2 rings (SSSR count). The van der Waals surface area contributed by atoms with E-state index in [1.807, 2.05) is 48.5 Å². The van der Waals surface area contributed by atoms with Crippen LogP contribution in [0, 0.1) is 5.92 Å². The lowest BCUT2D eigenvalue weighted by Gasteiger charge is -2.14. The minimum absolute atomic E-state index is 0.111. The van der Waals surface area contributed by atoms with Crippen LogP contribution in [0.1, 0.15) is 43.1 Å². The fourth-order valence-electron chi connectivity index (χ4n) is 2.29. The summed E-state index contributed by atoms with van der Waals surface area (Å²) >= 11 is 0. The van der Waals surface area contributed by atoms with Gasteiger partial charge in [-0.05, 0) is 55.2 Å². The Morgan fingerprint density at radius 3 is 2.43 bits per heavy atom. The van der Waals surface area contributed by atoms with Crippen LogP contribution in [-0.2, 0) is 6.42 Å². The van der Waals surface area contributed by atoms with Crippen LogP contribution in [0.2, 0.25) is 0 Å². The number of ketones is 1. The fraction of sp³-hybridized carbons (Fsp3) is 0.316. The number of carbonyl (C=O) groups excluding carboxylic acids is 1. The molecule has 0 spiro atoms. The van der Waals surface area contributed by atoms with Gasteiger partial charge in [-0.2, -0.15) is 0 Å². The quantitative estimate of drug-likeness (QED) is 0.675. The summed E-state index contributed by atoms with van der Waals surface area (Å²) in [5.74, 6) is 2.25. The Hall–Kier alpha value is -2.09. The van der Waals surface area contributed by atoms with Gasteiger partial charge < -0.3 is 4.74 Å². The molecule has 2 nitrogen and oxygen atoms in total. The van der Waals surface area contributed by atoms with Gasteiger partial charge in [0, 0.05) is 5.56 Å². The van der Waals surface area contributed by atoms with Gasteiger partial charge in [0.05, 0.1) is 0 Å². The van der Waals surface area contributed by atoms with Gasteiger partial charge in [0.2, 0.25) is 0 Å². The molecule has 2 heteroatoms. The second-order valence-corrected chi connectivity index (χ2v) is 5.51. The van der Waals surface area contributed by atoms with E-state index in [0.717, 1.165) is 35.5 Å². The van der Waals surface area contributed by atoms with Gasteiger partial charge in [-0.1, -0.05) is 38.5 Å². The minimum atomic E-state index is 0.111. The Balaban J connectivity index is 2.28. The van der Waals surface area contributed by atoms with Crippen molar-refractivity contribution in [2.45, 2.75) is 33.6 Å². The van der Waals surface area contributed by atoms with Crippen molar-refractivity contribution in [2.24, 2.45) is 5.92 Å². The van der Waals surface area contributed by atoms with Gasteiger partial charge in [-0.25, -0.2) is 0 Å². The molecule has 0 bridgehead atoms. The van der Waals surface area contributed by atoms with E-state index < -0.39 is 0 Å². The van der Waals surface area contributed by atoms with Gasteiger partial charge in [0.25, 0.3) is 0 Å². The van der Waals surface area contributed by atoms with Crippen molar-refractivity contribution in [3.8, 4) is 11.5 Å². The van der Waals surface area contributed by atoms with Gasteiger partial charge in [0.15, 0.2) is 5.78 Å². The summed E-state index contributed by atoms with van der Waals surface area (Å²) in [5.41, 5.74) is 1.88. The molecule has 2 aromatic carbocycles. The van der Waals surface area contributed by atoms with E-state index in [-0.39, 0.29) is 5.78 Å². The first-order valence-corrected chi connectivity index (χ1v) is 7.47. The predicted octanol–water partition coefficient (Wildman–Crippen LogP) is 5.27. The van der Waals surface area contributed by atoms with Crippen LogP contribution >= 0.6 is 0 Å².